The van der Waals surface area contributed by atoms with Crippen LogP contribution in [-0.4, -0.2) is 23.3 Å². The van der Waals surface area contributed by atoms with E-state index >= 15 is 0 Å². The van der Waals surface area contributed by atoms with E-state index in [9.17, 15) is 9.90 Å². The standard InChI is InChI=1S/C12H18N2O2S/c1-12(16,9-4-5-9)8-14-11(15)13-7-10-3-2-6-17-10/h2-3,6,9,16H,4-5,7-8H2,1H3,(H2,13,14,15)/t12-/m0/s1. The van der Waals surface area contributed by atoms with E-state index in [2.05, 4.69) is 10.6 Å². The third-order valence-corrected chi connectivity index (χ3v) is 3.94. The molecule has 1 saturated carbocycles. The van der Waals surface area contributed by atoms with Gasteiger partial charge < -0.3 is 15.7 Å². The number of thiophene rings is 1. The van der Waals surface area contributed by atoms with Crippen LogP contribution in [0.5, 0.6) is 0 Å². The molecule has 1 aromatic rings. The first kappa shape index (κ1) is 12.4. The van der Waals surface area contributed by atoms with E-state index in [1.54, 1.807) is 18.3 Å². The first-order valence-corrected chi connectivity index (χ1v) is 6.72. The van der Waals surface area contributed by atoms with E-state index in [1.807, 2.05) is 17.5 Å². The van der Waals surface area contributed by atoms with Crippen LogP contribution in [0.15, 0.2) is 17.5 Å². The molecule has 0 unspecified atom stereocenters. The molecule has 17 heavy (non-hydrogen) atoms. The zero-order valence-electron chi connectivity index (χ0n) is 9.90. The Morgan fingerprint density at radius 1 is 1.59 bits per heavy atom. The molecule has 0 aromatic carbocycles. The topological polar surface area (TPSA) is 61.4 Å². The first-order chi connectivity index (χ1) is 8.08. The Balaban J connectivity index is 1.67. The lowest BCUT2D eigenvalue weighted by Gasteiger charge is -2.23. The highest BCUT2D eigenvalue weighted by Crippen LogP contribution is 2.38. The third-order valence-electron chi connectivity index (χ3n) is 3.07. The number of rotatable bonds is 5. The molecule has 0 bridgehead atoms. The van der Waals surface area contributed by atoms with E-state index in [-0.39, 0.29) is 6.03 Å². The summed E-state index contributed by atoms with van der Waals surface area (Å²) in [5, 5.41) is 17.5. The van der Waals surface area contributed by atoms with Crippen LogP contribution < -0.4 is 10.6 Å². The van der Waals surface area contributed by atoms with Gasteiger partial charge in [0.05, 0.1) is 12.1 Å². The monoisotopic (exact) mass is 254 g/mol. The Morgan fingerprint density at radius 3 is 2.94 bits per heavy atom. The van der Waals surface area contributed by atoms with Gasteiger partial charge in [-0.15, -0.1) is 11.3 Å². The fourth-order valence-electron chi connectivity index (χ4n) is 1.75. The molecular weight excluding hydrogens is 236 g/mol. The summed E-state index contributed by atoms with van der Waals surface area (Å²) in [6, 6.07) is 3.71. The number of urea groups is 1. The van der Waals surface area contributed by atoms with Crippen molar-refractivity contribution >= 4 is 17.4 Å². The smallest absolute Gasteiger partial charge is 0.315 e. The molecule has 1 aliphatic rings. The lowest BCUT2D eigenvalue weighted by Crippen LogP contribution is -2.45. The number of aliphatic hydroxyl groups is 1. The number of hydrogen-bond donors (Lipinski definition) is 3. The number of carbonyl (C=O) groups is 1. The molecule has 2 amide bonds. The molecule has 0 saturated heterocycles. The summed E-state index contributed by atoms with van der Waals surface area (Å²) in [6.45, 7) is 2.63. The van der Waals surface area contributed by atoms with Gasteiger partial charge in [-0.05, 0) is 37.1 Å². The van der Waals surface area contributed by atoms with Crippen LogP contribution in [0.25, 0.3) is 0 Å². The van der Waals surface area contributed by atoms with E-state index in [0.717, 1.165) is 17.7 Å². The number of hydrogen-bond acceptors (Lipinski definition) is 3. The minimum Gasteiger partial charge on any atom is -0.388 e. The Bertz CT molecular complexity index is 372. The second-order valence-electron chi connectivity index (χ2n) is 4.75. The quantitative estimate of drug-likeness (QED) is 0.749. The molecule has 4 nitrogen and oxygen atoms in total. The van der Waals surface area contributed by atoms with Gasteiger partial charge in [-0.2, -0.15) is 0 Å². The molecule has 0 aliphatic heterocycles. The molecule has 0 spiro atoms. The van der Waals surface area contributed by atoms with Crippen molar-refractivity contribution in [2.24, 2.45) is 5.92 Å². The summed E-state index contributed by atoms with van der Waals surface area (Å²) in [6.07, 6.45) is 2.12. The predicted octanol–water partition coefficient (Wildman–Crippen LogP) is 1.71. The van der Waals surface area contributed by atoms with Crippen LogP contribution in [0.4, 0.5) is 4.79 Å². The molecule has 1 fully saturated rings. The molecule has 1 atom stereocenters. The highest BCUT2D eigenvalue weighted by Gasteiger charge is 2.39. The van der Waals surface area contributed by atoms with Crippen molar-refractivity contribution in [3.05, 3.63) is 22.4 Å². The summed E-state index contributed by atoms with van der Waals surface area (Å²) >= 11 is 1.61. The van der Waals surface area contributed by atoms with Crippen LogP contribution >= 0.6 is 11.3 Å². The van der Waals surface area contributed by atoms with Crippen molar-refractivity contribution < 1.29 is 9.90 Å². The number of amides is 2. The normalized spacial score (nSPS) is 18.5. The highest BCUT2D eigenvalue weighted by molar-refractivity contribution is 7.09. The maximum atomic E-state index is 11.5. The van der Waals surface area contributed by atoms with Gasteiger partial charge in [0.2, 0.25) is 0 Å². The van der Waals surface area contributed by atoms with E-state index < -0.39 is 5.60 Å². The molecule has 1 aliphatic carbocycles. The van der Waals surface area contributed by atoms with Crippen molar-refractivity contribution in [1.82, 2.24) is 10.6 Å². The van der Waals surface area contributed by atoms with Gasteiger partial charge in [0.25, 0.3) is 0 Å². The summed E-state index contributed by atoms with van der Waals surface area (Å²) in [4.78, 5) is 12.6. The van der Waals surface area contributed by atoms with E-state index in [0.29, 0.717) is 19.0 Å². The summed E-state index contributed by atoms with van der Waals surface area (Å²) in [5.74, 6) is 0.347. The SMILES string of the molecule is C[C@](O)(CNC(=O)NCc1cccs1)C1CC1. The van der Waals surface area contributed by atoms with Gasteiger partial charge in [-0.3, -0.25) is 0 Å². The average molecular weight is 254 g/mol. The minimum atomic E-state index is -0.764. The molecular formula is C12H18N2O2S. The maximum absolute atomic E-state index is 11.5. The second kappa shape index (κ2) is 5.06. The van der Waals surface area contributed by atoms with Gasteiger partial charge in [-0.1, -0.05) is 6.07 Å². The van der Waals surface area contributed by atoms with Gasteiger partial charge >= 0.3 is 6.03 Å². The largest absolute Gasteiger partial charge is 0.388 e. The molecule has 1 heterocycles. The molecule has 2 rings (SSSR count). The van der Waals surface area contributed by atoms with Crippen molar-refractivity contribution in [2.75, 3.05) is 6.54 Å². The highest BCUT2D eigenvalue weighted by atomic mass is 32.1. The zero-order valence-corrected chi connectivity index (χ0v) is 10.7. The summed E-state index contributed by atoms with van der Waals surface area (Å²) in [7, 11) is 0. The summed E-state index contributed by atoms with van der Waals surface area (Å²) in [5.41, 5.74) is -0.764. The molecule has 5 heteroatoms. The summed E-state index contributed by atoms with van der Waals surface area (Å²) < 4.78 is 0. The zero-order chi connectivity index (χ0) is 12.3. The van der Waals surface area contributed by atoms with Gasteiger partial charge in [0.1, 0.15) is 0 Å². The van der Waals surface area contributed by atoms with Gasteiger partial charge in [0.15, 0.2) is 0 Å². The second-order valence-corrected chi connectivity index (χ2v) is 5.78. The fraction of sp³-hybridized carbons (Fsp3) is 0.583. The molecule has 1 aromatic heterocycles. The minimum absolute atomic E-state index is 0.223. The van der Waals surface area contributed by atoms with E-state index in [4.69, 9.17) is 0 Å². The molecule has 3 N–H and O–H groups in total. The van der Waals surface area contributed by atoms with Crippen LogP contribution in [0.1, 0.15) is 24.6 Å². The van der Waals surface area contributed by atoms with Crippen molar-refractivity contribution in [3.8, 4) is 0 Å². The Kier molecular flexibility index (Phi) is 3.69. The van der Waals surface area contributed by atoms with Crippen LogP contribution in [-0.2, 0) is 6.54 Å². The molecule has 94 valence electrons. The van der Waals surface area contributed by atoms with Crippen LogP contribution in [0.2, 0.25) is 0 Å². The lowest BCUT2D eigenvalue weighted by atomic mass is 10.0. The Hall–Kier alpha value is -1.07. The number of carbonyl (C=O) groups excluding carboxylic acids is 1. The van der Waals surface area contributed by atoms with Gasteiger partial charge in [-0.25, -0.2) is 4.79 Å². The van der Waals surface area contributed by atoms with Crippen LogP contribution in [0.3, 0.4) is 0 Å². The molecule has 0 radical (unpaired) electrons. The fourth-order valence-corrected chi connectivity index (χ4v) is 2.40. The van der Waals surface area contributed by atoms with Gasteiger partial charge in [0, 0.05) is 11.4 Å². The van der Waals surface area contributed by atoms with Crippen molar-refractivity contribution in [1.29, 1.82) is 0 Å². The lowest BCUT2D eigenvalue weighted by molar-refractivity contribution is 0.0394. The van der Waals surface area contributed by atoms with Crippen LogP contribution in [0, 0.1) is 5.92 Å². The Morgan fingerprint density at radius 2 is 2.35 bits per heavy atom. The maximum Gasteiger partial charge on any atom is 0.315 e. The van der Waals surface area contributed by atoms with Crippen molar-refractivity contribution in [2.45, 2.75) is 31.9 Å². The first-order valence-electron chi connectivity index (χ1n) is 5.84. The average Bonchev–Trinajstić information content (AvgIpc) is 3.03. The Labute approximate surface area is 105 Å². The predicted molar refractivity (Wildman–Crippen MR) is 67.9 cm³/mol. The van der Waals surface area contributed by atoms with E-state index in [1.165, 1.54) is 0 Å². The third kappa shape index (κ3) is 3.71. The van der Waals surface area contributed by atoms with Crippen molar-refractivity contribution in [3.63, 3.8) is 0 Å². The number of nitrogens with one attached hydrogen (secondary N) is 2.